The minimum absolute atomic E-state index is 0.384. The molecule has 0 aliphatic heterocycles. The number of esters is 1. The number of benzene rings is 1. The largest absolute Gasteiger partial charge is 0.449 e. The monoisotopic (exact) mass is 357 g/mol. The zero-order valence-electron chi connectivity index (χ0n) is 15.4. The van der Waals surface area contributed by atoms with Crippen molar-refractivity contribution >= 4 is 28.8 Å². The first-order chi connectivity index (χ1) is 12.4. The van der Waals surface area contributed by atoms with E-state index in [9.17, 15) is 14.4 Å². The molecule has 1 atom stereocenters. The predicted octanol–water partition coefficient (Wildman–Crippen LogP) is 2.50. The smallest absolute Gasteiger partial charge is 0.339 e. The molecule has 1 aromatic heterocycles. The second kappa shape index (κ2) is 8.42. The van der Waals surface area contributed by atoms with Crippen LogP contribution in [0.4, 0.5) is 4.79 Å². The van der Waals surface area contributed by atoms with E-state index in [0.717, 1.165) is 11.3 Å². The molecule has 0 spiro atoms. The molecule has 2 rings (SSSR count). The van der Waals surface area contributed by atoms with E-state index < -0.39 is 24.0 Å². The van der Waals surface area contributed by atoms with Crippen LogP contribution in [0.1, 0.15) is 42.4 Å². The molecule has 2 aromatic rings. The van der Waals surface area contributed by atoms with Gasteiger partial charge in [0.1, 0.15) is 0 Å². The summed E-state index contributed by atoms with van der Waals surface area (Å²) in [5.41, 5.74) is 2.62. The number of aromatic nitrogens is 1. The summed E-state index contributed by atoms with van der Waals surface area (Å²) >= 11 is 0. The SMILES string of the molecule is CCNC(=O)NC(=O)C(C)OC(=O)c1c(C)c(CC)nc2ccccc12. The highest BCUT2D eigenvalue weighted by molar-refractivity contribution is 6.06. The lowest BCUT2D eigenvalue weighted by Gasteiger charge is -2.16. The Balaban J connectivity index is 2.28. The number of hydrogen-bond donors (Lipinski definition) is 2. The highest BCUT2D eigenvalue weighted by Gasteiger charge is 2.24. The Hall–Kier alpha value is -2.96. The van der Waals surface area contributed by atoms with Gasteiger partial charge >= 0.3 is 12.0 Å². The standard InChI is InChI=1S/C19H23N3O4/c1-5-14-11(3)16(13-9-7-8-10-15(13)21-14)18(24)26-12(4)17(23)22-19(25)20-6-2/h7-10,12H,5-6H2,1-4H3,(H2,20,22,23,25). The molecule has 1 unspecified atom stereocenters. The number of aryl methyl sites for hydroxylation is 1. The number of amides is 3. The molecule has 0 saturated carbocycles. The number of carbonyl (C=O) groups excluding carboxylic acids is 3. The van der Waals surface area contributed by atoms with Crippen LogP contribution in [0.15, 0.2) is 24.3 Å². The lowest BCUT2D eigenvalue weighted by molar-refractivity contribution is -0.127. The topological polar surface area (TPSA) is 97.4 Å². The number of imide groups is 1. The van der Waals surface area contributed by atoms with E-state index in [1.807, 2.05) is 32.0 Å². The third-order valence-electron chi connectivity index (χ3n) is 4.00. The van der Waals surface area contributed by atoms with Gasteiger partial charge in [-0.15, -0.1) is 0 Å². The molecule has 0 aliphatic rings. The molecule has 1 heterocycles. The van der Waals surface area contributed by atoms with Crippen molar-refractivity contribution < 1.29 is 19.1 Å². The molecule has 7 heteroatoms. The number of hydrogen-bond acceptors (Lipinski definition) is 5. The summed E-state index contributed by atoms with van der Waals surface area (Å²) in [4.78, 5) is 40.8. The van der Waals surface area contributed by atoms with Crippen LogP contribution in [-0.4, -0.2) is 35.5 Å². The van der Waals surface area contributed by atoms with Crippen molar-refractivity contribution in [1.82, 2.24) is 15.6 Å². The predicted molar refractivity (Wildman–Crippen MR) is 98.0 cm³/mol. The molecular formula is C19H23N3O4. The van der Waals surface area contributed by atoms with Gasteiger partial charge < -0.3 is 10.1 Å². The number of pyridine rings is 1. The van der Waals surface area contributed by atoms with Crippen LogP contribution in [-0.2, 0) is 16.0 Å². The summed E-state index contributed by atoms with van der Waals surface area (Å²) < 4.78 is 5.31. The molecule has 2 N–H and O–H groups in total. The molecule has 3 amide bonds. The molecule has 0 aliphatic carbocycles. The van der Waals surface area contributed by atoms with Crippen LogP contribution in [0.25, 0.3) is 10.9 Å². The Morgan fingerprint density at radius 2 is 1.88 bits per heavy atom. The maximum atomic E-state index is 12.7. The second-order valence-corrected chi connectivity index (χ2v) is 5.83. The minimum atomic E-state index is -1.11. The van der Waals surface area contributed by atoms with Crippen LogP contribution in [0.5, 0.6) is 0 Å². The Morgan fingerprint density at radius 1 is 1.19 bits per heavy atom. The third-order valence-corrected chi connectivity index (χ3v) is 4.00. The highest BCUT2D eigenvalue weighted by atomic mass is 16.5. The van der Waals surface area contributed by atoms with E-state index in [4.69, 9.17) is 4.74 Å². The molecule has 138 valence electrons. The quantitative estimate of drug-likeness (QED) is 0.801. The third kappa shape index (κ3) is 4.17. The average molecular weight is 357 g/mol. The van der Waals surface area contributed by atoms with Crippen molar-refractivity contribution in [1.29, 1.82) is 0 Å². The van der Waals surface area contributed by atoms with Gasteiger partial charge in [-0.05, 0) is 38.8 Å². The van der Waals surface area contributed by atoms with E-state index in [-0.39, 0.29) is 0 Å². The summed E-state index contributed by atoms with van der Waals surface area (Å²) in [6, 6.07) is 6.67. The number of nitrogens with one attached hydrogen (secondary N) is 2. The normalized spacial score (nSPS) is 11.7. The van der Waals surface area contributed by atoms with Gasteiger partial charge in [0.05, 0.1) is 11.1 Å². The number of carbonyl (C=O) groups is 3. The van der Waals surface area contributed by atoms with Gasteiger partial charge in [-0.3, -0.25) is 15.1 Å². The van der Waals surface area contributed by atoms with Gasteiger partial charge in [-0.2, -0.15) is 0 Å². The maximum absolute atomic E-state index is 12.7. The van der Waals surface area contributed by atoms with Gasteiger partial charge in [-0.1, -0.05) is 25.1 Å². The van der Waals surface area contributed by atoms with Gasteiger partial charge in [0.25, 0.3) is 5.91 Å². The fraction of sp³-hybridized carbons (Fsp3) is 0.368. The number of rotatable bonds is 5. The molecule has 1 aromatic carbocycles. The first-order valence-corrected chi connectivity index (χ1v) is 8.56. The van der Waals surface area contributed by atoms with Crippen molar-refractivity contribution in [3.63, 3.8) is 0 Å². The van der Waals surface area contributed by atoms with E-state index in [0.29, 0.717) is 29.4 Å². The number of para-hydroxylation sites is 1. The first-order valence-electron chi connectivity index (χ1n) is 8.56. The number of ether oxygens (including phenoxy) is 1. The number of fused-ring (bicyclic) bond motifs is 1. The van der Waals surface area contributed by atoms with Crippen LogP contribution in [0, 0.1) is 6.92 Å². The van der Waals surface area contributed by atoms with E-state index in [1.54, 1.807) is 13.0 Å². The Morgan fingerprint density at radius 3 is 2.54 bits per heavy atom. The van der Waals surface area contributed by atoms with Crippen molar-refractivity contribution in [2.45, 2.75) is 40.2 Å². The molecule has 7 nitrogen and oxygen atoms in total. The molecule has 0 bridgehead atoms. The summed E-state index contributed by atoms with van der Waals surface area (Å²) in [6.07, 6.45) is -0.439. The lowest BCUT2D eigenvalue weighted by atomic mass is 10.0. The molecule has 0 radical (unpaired) electrons. The molecule has 26 heavy (non-hydrogen) atoms. The van der Waals surface area contributed by atoms with Crippen molar-refractivity contribution in [2.75, 3.05) is 6.54 Å². The van der Waals surface area contributed by atoms with Crippen molar-refractivity contribution in [3.8, 4) is 0 Å². The van der Waals surface area contributed by atoms with Gasteiger partial charge in [0, 0.05) is 17.6 Å². The average Bonchev–Trinajstić information content (AvgIpc) is 2.60. The zero-order chi connectivity index (χ0) is 19.3. The molecule has 0 fully saturated rings. The van der Waals surface area contributed by atoms with Crippen molar-refractivity contribution in [2.24, 2.45) is 0 Å². The first kappa shape index (κ1) is 19.4. The van der Waals surface area contributed by atoms with Crippen molar-refractivity contribution in [3.05, 3.63) is 41.1 Å². The van der Waals surface area contributed by atoms with Crippen LogP contribution in [0.2, 0.25) is 0 Å². The zero-order valence-corrected chi connectivity index (χ0v) is 15.4. The maximum Gasteiger partial charge on any atom is 0.339 e. The second-order valence-electron chi connectivity index (χ2n) is 5.83. The van der Waals surface area contributed by atoms with Gasteiger partial charge in [0.15, 0.2) is 6.10 Å². The molecule has 0 saturated heterocycles. The van der Waals surface area contributed by atoms with Crippen LogP contribution >= 0.6 is 0 Å². The minimum Gasteiger partial charge on any atom is -0.449 e. The summed E-state index contributed by atoms with van der Waals surface area (Å²) in [6.45, 7) is 7.31. The Kier molecular flexibility index (Phi) is 6.27. The fourth-order valence-electron chi connectivity index (χ4n) is 2.66. The Bertz CT molecular complexity index is 848. The van der Waals surface area contributed by atoms with E-state index >= 15 is 0 Å². The van der Waals surface area contributed by atoms with Gasteiger partial charge in [0.2, 0.25) is 0 Å². The van der Waals surface area contributed by atoms with Crippen LogP contribution < -0.4 is 10.6 Å². The lowest BCUT2D eigenvalue weighted by Crippen LogP contribution is -2.44. The van der Waals surface area contributed by atoms with E-state index in [2.05, 4.69) is 15.6 Å². The summed E-state index contributed by atoms with van der Waals surface area (Å²) in [5.74, 6) is -1.30. The summed E-state index contributed by atoms with van der Waals surface area (Å²) in [5, 5.41) is 5.25. The van der Waals surface area contributed by atoms with Gasteiger partial charge in [-0.25, -0.2) is 9.59 Å². The van der Waals surface area contributed by atoms with E-state index in [1.165, 1.54) is 6.92 Å². The number of urea groups is 1. The highest BCUT2D eigenvalue weighted by Crippen LogP contribution is 2.24. The molecular weight excluding hydrogens is 334 g/mol. The fourth-order valence-corrected chi connectivity index (χ4v) is 2.66. The summed E-state index contributed by atoms with van der Waals surface area (Å²) in [7, 11) is 0. The Labute approximate surface area is 152 Å². The number of nitrogens with zero attached hydrogens (tertiary/aromatic N) is 1. The van der Waals surface area contributed by atoms with Crippen LogP contribution in [0.3, 0.4) is 0 Å².